The number of fused-ring (bicyclic) bond motifs is 1. The molecule has 0 atom stereocenters. The summed E-state index contributed by atoms with van der Waals surface area (Å²) in [7, 11) is 0. The fourth-order valence-corrected chi connectivity index (χ4v) is 3.71. The molecule has 0 saturated heterocycles. The number of carbonyl (C=O) groups is 2. The summed E-state index contributed by atoms with van der Waals surface area (Å²) in [6, 6.07) is 8.08. The van der Waals surface area contributed by atoms with Gasteiger partial charge in [-0.25, -0.2) is 4.99 Å². The lowest BCUT2D eigenvalue weighted by Gasteiger charge is -2.14. The van der Waals surface area contributed by atoms with Gasteiger partial charge in [0.25, 0.3) is 0 Å². The number of hydrogen-bond acceptors (Lipinski definition) is 5. The van der Waals surface area contributed by atoms with Gasteiger partial charge in [-0.2, -0.15) is 0 Å². The van der Waals surface area contributed by atoms with Crippen molar-refractivity contribution < 1.29 is 9.59 Å². The quantitative estimate of drug-likeness (QED) is 0.865. The molecule has 118 valence electrons. The standard InChI is InChI=1S/C15H19N3O2S2/c1-10(2)17-13(19)7-16-14(20)9-22-15-18-12-6-4-3-5-11(12)8-21-15/h3-6,10H,7-9H2,1-2H3,(H,16,20)(H,17,19). The first kappa shape index (κ1) is 16.9. The Labute approximate surface area is 138 Å². The average Bonchev–Trinajstić information content (AvgIpc) is 2.50. The zero-order valence-electron chi connectivity index (χ0n) is 12.6. The molecule has 22 heavy (non-hydrogen) atoms. The minimum absolute atomic E-state index is 0.0139. The van der Waals surface area contributed by atoms with E-state index < -0.39 is 0 Å². The Morgan fingerprint density at radius 2 is 2.09 bits per heavy atom. The number of rotatable bonds is 5. The van der Waals surface area contributed by atoms with Crippen LogP contribution in [-0.4, -0.2) is 34.5 Å². The minimum Gasteiger partial charge on any atom is -0.352 e. The van der Waals surface area contributed by atoms with Crippen molar-refractivity contribution in [2.45, 2.75) is 25.6 Å². The third-order valence-electron chi connectivity index (χ3n) is 2.78. The predicted molar refractivity (Wildman–Crippen MR) is 93.6 cm³/mol. The Bertz CT molecular complexity index is 588. The molecule has 1 heterocycles. The summed E-state index contributed by atoms with van der Waals surface area (Å²) in [6.45, 7) is 3.78. The molecule has 1 aromatic rings. The van der Waals surface area contributed by atoms with E-state index in [1.807, 2.05) is 32.0 Å². The summed E-state index contributed by atoms with van der Waals surface area (Å²) >= 11 is 3.04. The summed E-state index contributed by atoms with van der Waals surface area (Å²) < 4.78 is 0.889. The lowest BCUT2D eigenvalue weighted by atomic mass is 10.2. The first-order valence-corrected chi connectivity index (χ1v) is 9.00. The molecule has 0 bridgehead atoms. The molecule has 2 amide bonds. The Morgan fingerprint density at radius 3 is 2.86 bits per heavy atom. The molecule has 2 N–H and O–H groups in total. The molecule has 0 unspecified atom stereocenters. The summed E-state index contributed by atoms with van der Waals surface area (Å²) in [5, 5.41) is 5.34. The molecule has 0 aliphatic carbocycles. The molecular formula is C15H19N3O2S2. The number of nitrogens with one attached hydrogen (secondary N) is 2. The molecule has 0 aromatic heterocycles. The van der Waals surface area contributed by atoms with E-state index in [0.29, 0.717) is 0 Å². The van der Waals surface area contributed by atoms with Gasteiger partial charge in [0.2, 0.25) is 11.8 Å². The number of carbonyl (C=O) groups excluding carboxylic acids is 2. The first-order chi connectivity index (χ1) is 10.5. The molecule has 0 fully saturated rings. The molecule has 7 heteroatoms. The molecule has 1 aromatic carbocycles. The molecule has 1 aliphatic rings. The van der Waals surface area contributed by atoms with Crippen LogP contribution in [0.5, 0.6) is 0 Å². The monoisotopic (exact) mass is 337 g/mol. The van der Waals surface area contributed by atoms with Crippen LogP contribution in [0.25, 0.3) is 0 Å². The second-order valence-electron chi connectivity index (χ2n) is 5.08. The van der Waals surface area contributed by atoms with Gasteiger partial charge in [0.15, 0.2) is 0 Å². The van der Waals surface area contributed by atoms with Crippen molar-refractivity contribution in [1.82, 2.24) is 10.6 Å². The summed E-state index contributed by atoms with van der Waals surface area (Å²) in [6.07, 6.45) is 0. The van der Waals surface area contributed by atoms with Gasteiger partial charge in [-0.15, -0.1) is 0 Å². The van der Waals surface area contributed by atoms with Gasteiger partial charge < -0.3 is 10.6 Å². The number of amides is 2. The number of para-hydroxylation sites is 1. The average molecular weight is 337 g/mol. The second-order valence-corrected chi connectivity index (χ2v) is 7.27. The summed E-state index contributed by atoms with van der Waals surface area (Å²) in [4.78, 5) is 27.7. The lowest BCUT2D eigenvalue weighted by Crippen LogP contribution is -2.40. The summed E-state index contributed by atoms with van der Waals surface area (Å²) in [5.41, 5.74) is 2.19. The van der Waals surface area contributed by atoms with Gasteiger partial charge >= 0.3 is 0 Å². The predicted octanol–water partition coefficient (Wildman–Crippen LogP) is 2.29. The highest BCUT2D eigenvalue weighted by atomic mass is 32.2. The summed E-state index contributed by atoms with van der Waals surface area (Å²) in [5.74, 6) is 0.807. The normalized spacial score (nSPS) is 13.3. The maximum Gasteiger partial charge on any atom is 0.239 e. The maximum absolute atomic E-state index is 11.7. The molecule has 1 aliphatic heterocycles. The van der Waals surface area contributed by atoms with E-state index in [4.69, 9.17) is 0 Å². The van der Waals surface area contributed by atoms with Crippen molar-refractivity contribution in [2.24, 2.45) is 4.99 Å². The highest BCUT2D eigenvalue weighted by molar-refractivity contribution is 8.38. The van der Waals surface area contributed by atoms with Crippen molar-refractivity contribution in [3.8, 4) is 0 Å². The molecule has 5 nitrogen and oxygen atoms in total. The van der Waals surface area contributed by atoms with Crippen LogP contribution in [0.2, 0.25) is 0 Å². The smallest absolute Gasteiger partial charge is 0.239 e. The third kappa shape index (κ3) is 5.38. The second kappa shape index (κ2) is 8.24. The molecular weight excluding hydrogens is 318 g/mol. The van der Waals surface area contributed by atoms with Crippen molar-refractivity contribution in [2.75, 3.05) is 12.3 Å². The molecule has 0 radical (unpaired) electrons. The van der Waals surface area contributed by atoms with Crippen molar-refractivity contribution in [3.63, 3.8) is 0 Å². The van der Waals surface area contributed by atoms with E-state index in [1.54, 1.807) is 11.8 Å². The zero-order valence-corrected chi connectivity index (χ0v) is 14.2. The van der Waals surface area contributed by atoms with Crippen LogP contribution in [-0.2, 0) is 15.3 Å². The van der Waals surface area contributed by atoms with Crippen LogP contribution >= 0.6 is 23.5 Å². The van der Waals surface area contributed by atoms with Gasteiger partial charge in [0.1, 0.15) is 4.38 Å². The Morgan fingerprint density at radius 1 is 1.32 bits per heavy atom. The van der Waals surface area contributed by atoms with Crippen LogP contribution in [0.1, 0.15) is 19.4 Å². The first-order valence-electron chi connectivity index (χ1n) is 7.03. The van der Waals surface area contributed by atoms with E-state index in [0.717, 1.165) is 15.8 Å². The van der Waals surface area contributed by atoms with E-state index in [-0.39, 0.29) is 30.2 Å². The van der Waals surface area contributed by atoms with Crippen molar-refractivity contribution in [1.29, 1.82) is 0 Å². The highest BCUT2D eigenvalue weighted by Gasteiger charge is 2.14. The molecule has 2 rings (SSSR count). The Hall–Kier alpha value is -1.47. The number of nitrogens with zero attached hydrogens (tertiary/aromatic N) is 1. The van der Waals surface area contributed by atoms with E-state index >= 15 is 0 Å². The van der Waals surface area contributed by atoms with Gasteiger partial charge in [0.05, 0.1) is 18.0 Å². The fourth-order valence-electron chi connectivity index (χ4n) is 1.82. The van der Waals surface area contributed by atoms with Crippen molar-refractivity contribution in [3.05, 3.63) is 29.8 Å². The van der Waals surface area contributed by atoms with Gasteiger partial charge in [0, 0.05) is 11.8 Å². The number of hydrogen-bond donors (Lipinski definition) is 2. The Kier molecular flexibility index (Phi) is 6.33. The van der Waals surface area contributed by atoms with Crippen LogP contribution in [0.4, 0.5) is 5.69 Å². The lowest BCUT2D eigenvalue weighted by molar-refractivity contribution is -0.125. The number of benzene rings is 1. The fraction of sp³-hybridized carbons (Fsp3) is 0.400. The number of thioether (sulfide) groups is 2. The van der Waals surface area contributed by atoms with Gasteiger partial charge in [-0.05, 0) is 25.5 Å². The van der Waals surface area contributed by atoms with Crippen LogP contribution in [0.15, 0.2) is 29.3 Å². The highest BCUT2D eigenvalue weighted by Crippen LogP contribution is 2.34. The van der Waals surface area contributed by atoms with Gasteiger partial charge in [-0.3, -0.25) is 9.59 Å². The van der Waals surface area contributed by atoms with Crippen LogP contribution in [0, 0.1) is 0 Å². The zero-order chi connectivity index (χ0) is 15.9. The van der Waals surface area contributed by atoms with Crippen LogP contribution in [0.3, 0.4) is 0 Å². The Balaban J connectivity index is 1.75. The number of aliphatic imine (C=N–C) groups is 1. The van der Waals surface area contributed by atoms with Crippen molar-refractivity contribution >= 4 is 45.4 Å². The van der Waals surface area contributed by atoms with E-state index in [1.165, 1.54) is 17.3 Å². The maximum atomic E-state index is 11.7. The topological polar surface area (TPSA) is 70.6 Å². The van der Waals surface area contributed by atoms with Crippen LogP contribution < -0.4 is 10.6 Å². The van der Waals surface area contributed by atoms with Gasteiger partial charge in [-0.1, -0.05) is 41.7 Å². The SMILES string of the molecule is CC(C)NC(=O)CNC(=O)CSC1=Nc2ccccc2CS1. The molecule has 0 saturated carbocycles. The minimum atomic E-state index is -0.174. The largest absolute Gasteiger partial charge is 0.352 e. The molecule has 0 spiro atoms. The van der Waals surface area contributed by atoms with E-state index in [9.17, 15) is 9.59 Å². The third-order valence-corrected chi connectivity index (χ3v) is 5.02. The van der Waals surface area contributed by atoms with E-state index in [2.05, 4.69) is 21.7 Å².